The quantitative estimate of drug-likeness (QED) is 0.853. The van der Waals surface area contributed by atoms with Crippen molar-refractivity contribution in [2.24, 2.45) is 11.7 Å². The highest BCUT2D eigenvalue weighted by Crippen LogP contribution is 2.24. The van der Waals surface area contributed by atoms with E-state index in [1.54, 1.807) is 17.9 Å². The van der Waals surface area contributed by atoms with Crippen molar-refractivity contribution in [3.63, 3.8) is 0 Å². The van der Waals surface area contributed by atoms with Crippen LogP contribution in [0, 0.1) is 11.7 Å². The Hall–Kier alpha value is -2.06. The van der Waals surface area contributed by atoms with Gasteiger partial charge in [0.25, 0.3) is 5.91 Å². The van der Waals surface area contributed by atoms with Crippen LogP contribution in [0.15, 0.2) is 18.2 Å². The molecule has 0 bridgehead atoms. The molecule has 3 rings (SSSR count). The van der Waals surface area contributed by atoms with Gasteiger partial charge in [-0.25, -0.2) is 9.37 Å². The Kier molecular flexibility index (Phi) is 5.52. The second kappa shape index (κ2) is 7.67. The normalized spacial score (nSPS) is 17.9. The van der Waals surface area contributed by atoms with E-state index in [0.717, 1.165) is 12.8 Å². The van der Waals surface area contributed by atoms with E-state index in [9.17, 15) is 14.0 Å². The van der Waals surface area contributed by atoms with Gasteiger partial charge < -0.3 is 16.0 Å². The van der Waals surface area contributed by atoms with Crippen LogP contribution in [0.3, 0.4) is 0 Å². The summed E-state index contributed by atoms with van der Waals surface area (Å²) in [4.78, 5) is 30.5. The van der Waals surface area contributed by atoms with Gasteiger partial charge in [0.15, 0.2) is 5.01 Å². The predicted molar refractivity (Wildman–Crippen MR) is 99.5 cm³/mol. The van der Waals surface area contributed by atoms with Gasteiger partial charge in [0.1, 0.15) is 5.82 Å². The minimum absolute atomic E-state index is 0.0261. The van der Waals surface area contributed by atoms with Crippen LogP contribution >= 0.6 is 11.3 Å². The number of aromatic nitrogens is 1. The predicted octanol–water partition coefficient (Wildman–Crippen LogP) is 2.14. The number of hydrogen-bond donors (Lipinski definition) is 2. The van der Waals surface area contributed by atoms with E-state index in [1.165, 1.54) is 23.5 Å². The summed E-state index contributed by atoms with van der Waals surface area (Å²) in [6.45, 7) is 4.98. The van der Waals surface area contributed by atoms with Gasteiger partial charge in [0, 0.05) is 19.1 Å². The van der Waals surface area contributed by atoms with Crippen LogP contribution in [0.4, 0.5) is 4.39 Å². The van der Waals surface area contributed by atoms with E-state index in [4.69, 9.17) is 5.73 Å². The van der Waals surface area contributed by atoms with Crippen molar-refractivity contribution < 1.29 is 14.0 Å². The molecule has 1 aliphatic rings. The average Bonchev–Trinajstić information content (AvgIpc) is 3.04. The van der Waals surface area contributed by atoms with Crippen LogP contribution in [-0.2, 0) is 4.79 Å². The first-order valence-corrected chi connectivity index (χ1v) is 9.58. The van der Waals surface area contributed by atoms with Crippen molar-refractivity contribution in [3.8, 4) is 0 Å². The third-order valence-electron chi connectivity index (χ3n) is 4.85. The molecule has 2 aromatic rings. The lowest BCUT2D eigenvalue weighted by molar-refractivity contribution is -0.133. The smallest absolute Gasteiger partial charge is 0.280 e. The Morgan fingerprint density at radius 1 is 1.35 bits per heavy atom. The number of fused-ring (bicyclic) bond motifs is 1. The van der Waals surface area contributed by atoms with Gasteiger partial charge in [-0.3, -0.25) is 9.59 Å². The van der Waals surface area contributed by atoms with Crippen LogP contribution in [-0.4, -0.2) is 46.9 Å². The Morgan fingerprint density at radius 2 is 2.04 bits per heavy atom. The highest BCUT2D eigenvalue weighted by Gasteiger charge is 2.28. The molecular formula is C18H23FN4O2S. The second-order valence-corrected chi connectivity index (χ2v) is 7.88. The number of nitrogens with zero attached hydrogens (tertiary/aromatic N) is 2. The fourth-order valence-corrected chi connectivity index (χ4v) is 4.18. The number of rotatable bonds is 4. The number of likely N-dealkylation sites (tertiary alicyclic amines) is 1. The highest BCUT2D eigenvalue weighted by atomic mass is 32.1. The second-order valence-electron chi connectivity index (χ2n) is 6.84. The molecule has 2 amide bonds. The van der Waals surface area contributed by atoms with Crippen molar-refractivity contribution in [1.82, 2.24) is 15.2 Å². The summed E-state index contributed by atoms with van der Waals surface area (Å²) < 4.78 is 13.9. The third kappa shape index (κ3) is 4.02. The first-order chi connectivity index (χ1) is 12.3. The number of thiazole rings is 1. The molecule has 8 heteroatoms. The van der Waals surface area contributed by atoms with E-state index >= 15 is 0 Å². The molecule has 1 aromatic heterocycles. The molecule has 2 atom stereocenters. The van der Waals surface area contributed by atoms with Crippen molar-refractivity contribution in [3.05, 3.63) is 29.0 Å². The minimum Gasteiger partial charge on any atom is -0.347 e. The van der Waals surface area contributed by atoms with Crippen molar-refractivity contribution >= 4 is 33.4 Å². The number of amides is 2. The summed E-state index contributed by atoms with van der Waals surface area (Å²) in [5, 5.41) is 3.33. The fourth-order valence-electron chi connectivity index (χ4n) is 3.29. The zero-order chi connectivity index (χ0) is 18.8. The van der Waals surface area contributed by atoms with E-state index < -0.39 is 6.04 Å². The van der Waals surface area contributed by atoms with Gasteiger partial charge in [0.05, 0.1) is 16.3 Å². The molecule has 1 aromatic carbocycles. The van der Waals surface area contributed by atoms with Crippen LogP contribution in [0.2, 0.25) is 0 Å². The number of nitrogens with one attached hydrogen (secondary N) is 1. The van der Waals surface area contributed by atoms with Gasteiger partial charge in [-0.05, 0) is 50.8 Å². The Bertz CT molecular complexity index is 815. The summed E-state index contributed by atoms with van der Waals surface area (Å²) >= 11 is 1.19. The minimum atomic E-state index is -0.479. The lowest BCUT2D eigenvalue weighted by Crippen LogP contribution is -2.49. The van der Waals surface area contributed by atoms with Crippen LogP contribution in [0.5, 0.6) is 0 Å². The molecule has 3 N–H and O–H groups in total. The van der Waals surface area contributed by atoms with Crippen molar-refractivity contribution in [2.45, 2.75) is 38.8 Å². The number of nitrogens with two attached hydrogens (primary N) is 1. The molecule has 0 spiro atoms. The maximum absolute atomic E-state index is 13.3. The fraction of sp³-hybridized carbons (Fsp3) is 0.500. The van der Waals surface area contributed by atoms with Crippen molar-refractivity contribution in [2.75, 3.05) is 13.1 Å². The molecule has 140 valence electrons. The summed E-state index contributed by atoms with van der Waals surface area (Å²) in [7, 11) is 0. The Balaban J connectivity index is 1.58. The molecule has 2 unspecified atom stereocenters. The average molecular weight is 378 g/mol. The summed E-state index contributed by atoms with van der Waals surface area (Å²) in [5.74, 6) is -0.312. The summed E-state index contributed by atoms with van der Waals surface area (Å²) in [5.41, 5.74) is 6.28. The number of carbonyl (C=O) groups excluding carboxylic acids is 2. The number of benzene rings is 1. The van der Waals surface area contributed by atoms with E-state index in [-0.39, 0.29) is 23.7 Å². The van der Waals surface area contributed by atoms with E-state index in [2.05, 4.69) is 10.3 Å². The summed E-state index contributed by atoms with van der Waals surface area (Å²) in [6.07, 6.45) is 1.65. The molecule has 1 aliphatic heterocycles. The lowest BCUT2D eigenvalue weighted by atomic mass is 9.90. The topological polar surface area (TPSA) is 88.3 Å². The molecule has 2 heterocycles. The first-order valence-electron chi connectivity index (χ1n) is 8.76. The van der Waals surface area contributed by atoms with Crippen LogP contribution in [0.25, 0.3) is 10.2 Å². The maximum atomic E-state index is 13.3. The van der Waals surface area contributed by atoms with Crippen LogP contribution in [0.1, 0.15) is 36.5 Å². The van der Waals surface area contributed by atoms with Gasteiger partial charge in [-0.2, -0.15) is 0 Å². The van der Waals surface area contributed by atoms with E-state index in [0.29, 0.717) is 34.2 Å². The molecule has 0 radical (unpaired) electrons. The number of hydrogen-bond acceptors (Lipinski definition) is 5. The molecule has 1 saturated heterocycles. The molecule has 26 heavy (non-hydrogen) atoms. The maximum Gasteiger partial charge on any atom is 0.280 e. The van der Waals surface area contributed by atoms with Gasteiger partial charge >= 0.3 is 0 Å². The zero-order valence-electron chi connectivity index (χ0n) is 14.9. The van der Waals surface area contributed by atoms with E-state index in [1.807, 2.05) is 6.92 Å². The van der Waals surface area contributed by atoms with Gasteiger partial charge in [-0.15, -0.1) is 11.3 Å². The Labute approximate surface area is 155 Å². The number of carbonyl (C=O) groups is 2. The molecule has 1 fully saturated rings. The molecule has 6 nitrogen and oxygen atoms in total. The standard InChI is InChI=1S/C18H23FN4O2S/c1-10(20)18(25)23-7-5-12(6-8-23)11(2)21-16(24)17-22-14-4-3-13(19)9-15(14)26-17/h3-4,9-12H,5-8,20H2,1-2H3,(H,21,24). The number of halogens is 1. The van der Waals surface area contributed by atoms with Crippen molar-refractivity contribution in [1.29, 1.82) is 0 Å². The van der Waals surface area contributed by atoms with Gasteiger partial charge in [0.2, 0.25) is 5.91 Å². The monoisotopic (exact) mass is 378 g/mol. The molecular weight excluding hydrogens is 355 g/mol. The van der Waals surface area contributed by atoms with Crippen LogP contribution < -0.4 is 11.1 Å². The number of piperidine rings is 1. The largest absolute Gasteiger partial charge is 0.347 e. The molecule has 0 aliphatic carbocycles. The lowest BCUT2D eigenvalue weighted by Gasteiger charge is -2.35. The third-order valence-corrected chi connectivity index (χ3v) is 5.87. The molecule has 0 saturated carbocycles. The first kappa shape index (κ1) is 18.7. The SMILES string of the molecule is CC(N)C(=O)N1CCC(C(C)NC(=O)c2nc3ccc(F)cc3s2)CC1. The zero-order valence-corrected chi connectivity index (χ0v) is 15.7. The Morgan fingerprint density at radius 3 is 2.69 bits per heavy atom. The highest BCUT2D eigenvalue weighted by molar-refractivity contribution is 7.20. The summed E-state index contributed by atoms with van der Waals surface area (Å²) in [6, 6.07) is 3.79. The van der Waals surface area contributed by atoms with Gasteiger partial charge in [-0.1, -0.05) is 0 Å².